The lowest BCUT2D eigenvalue weighted by molar-refractivity contribution is -0.145. The molecule has 1 amide bonds. The number of fused-ring (bicyclic) bond motifs is 1. The number of hydrogen-bond donors (Lipinski definition) is 0. The van der Waals surface area contributed by atoms with Crippen molar-refractivity contribution in [1.29, 1.82) is 0 Å². The van der Waals surface area contributed by atoms with Crippen LogP contribution in [0.5, 0.6) is 0 Å². The van der Waals surface area contributed by atoms with Gasteiger partial charge >= 0.3 is 12.1 Å². The lowest BCUT2D eigenvalue weighted by Gasteiger charge is -2.30. The maximum absolute atomic E-state index is 12.3. The zero-order valence-electron chi connectivity index (χ0n) is 15.3. The summed E-state index contributed by atoms with van der Waals surface area (Å²) in [7, 11) is 0. The third kappa shape index (κ3) is 4.96. The Balaban J connectivity index is 1.55. The lowest BCUT2D eigenvalue weighted by Crippen LogP contribution is -2.41. The summed E-state index contributed by atoms with van der Waals surface area (Å²) in [5.74, 6) is 0.561. The van der Waals surface area contributed by atoms with Gasteiger partial charge in [-0.05, 0) is 33.1 Å². The fourth-order valence-electron chi connectivity index (χ4n) is 2.86. The molecule has 0 bridgehead atoms. The highest BCUT2D eigenvalue weighted by Gasteiger charge is 2.28. The Morgan fingerprint density at radius 2 is 2.04 bits per heavy atom. The summed E-state index contributed by atoms with van der Waals surface area (Å²) in [6.45, 7) is 7.36. The monoisotopic (exact) mass is 349 g/mol. The summed E-state index contributed by atoms with van der Waals surface area (Å²) in [6.07, 6.45) is 5.29. The van der Waals surface area contributed by atoms with E-state index in [1.807, 2.05) is 25.5 Å². The van der Waals surface area contributed by atoms with E-state index < -0.39 is 5.60 Å². The van der Waals surface area contributed by atoms with Crippen molar-refractivity contribution in [2.75, 3.05) is 6.54 Å². The van der Waals surface area contributed by atoms with Gasteiger partial charge in [0.1, 0.15) is 12.2 Å². The SMILES string of the molecule is CC(C)(C)OC(=O)N1CCn2ncc(COC(=O)CCC3CC3)c2C1. The van der Waals surface area contributed by atoms with Crippen molar-refractivity contribution in [2.45, 2.75) is 71.8 Å². The van der Waals surface area contributed by atoms with E-state index >= 15 is 0 Å². The van der Waals surface area contributed by atoms with Crippen molar-refractivity contribution in [2.24, 2.45) is 5.92 Å². The topological polar surface area (TPSA) is 73.7 Å². The molecule has 0 saturated heterocycles. The molecule has 0 N–H and O–H groups in total. The summed E-state index contributed by atoms with van der Waals surface area (Å²) < 4.78 is 12.7. The van der Waals surface area contributed by atoms with Gasteiger partial charge in [-0.1, -0.05) is 12.8 Å². The molecule has 1 aromatic heterocycles. The number of carbonyl (C=O) groups excluding carboxylic acids is 2. The first kappa shape index (κ1) is 17.8. The second-order valence-electron chi connectivity index (χ2n) is 7.88. The van der Waals surface area contributed by atoms with Crippen LogP contribution >= 0.6 is 0 Å². The van der Waals surface area contributed by atoms with Crippen molar-refractivity contribution in [1.82, 2.24) is 14.7 Å². The number of nitrogens with zero attached hydrogens (tertiary/aromatic N) is 3. The molecule has 3 rings (SSSR count). The summed E-state index contributed by atoms with van der Waals surface area (Å²) in [5.41, 5.74) is 1.24. The summed E-state index contributed by atoms with van der Waals surface area (Å²) in [6, 6.07) is 0. The van der Waals surface area contributed by atoms with Crippen LogP contribution < -0.4 is 0 Å². The molecule has 2 aliphatic rings. The Kier molecular flexibility index (Phi) is 5.01. The molecule has 0 aromatic carbocycles. The molecule has 25 heavy (non-hydrogen) atoms. The van der Waals surface area contributed by atoms with Crippen LogP contribution in [-0.4, -0.2) is 38.9 Å². The molecule has 0 spiro atoms. The zero-order chi connectivity index (χ0) is 18.0. The standard InChI is InChI=1S/C18H27N3O4/c1-18(2,3)25-17(23)20-8-9-21-15(11-20)14(10-19-21)12-24-16(22)7-6-13-4-5-13/h10,13H,4-9,11-12H2,1-3H3. The summed E-state index contributed by atoms with van der Waals surface area (Å²) in [5, 5.41) is 4.33. The third-order valence-electron chi connectivity index (χ3n) is 4.45. The van der Waals surface area contributed by atoms with E-state index in [0.29, 0.717) is 26.1 Å². The van der Waals surface area contributed by atoms with Gasteiger partial charge < -0.3 is 14.4 Å². The first-order valence-electron chi connectivity index (χ1n) is 8.99. The maximum atomic E-state index is 12.3. The van der Waals surface area contributed by atoms with Crippen LogP contribution in [0.1, 0.15) is 57.7 Å². The van der Waals surface area contributed by atoms with Gasteiger partial charge in [0.15, 0.2) is 0 Å². The molecule has 1 fully saturated rings. The van der Waals surface area contributed by atoms with E-state index in [9.17, 15) is 9.59 Å². The first-order valence-corrected chi connectivity index (χ1v) is 8.99. The molecule has 1 saturated carbocycles. The predicted octanol–water partition coefficient (Wildman–Crippen LogP) is 2.87. The van der Waals surface area contributed by atoms with E-state index in [1.54, 1.807) is 11.1 Å². The zero-order valence-corrected chi connectivity index (χ0v) is 15.3. The first-order chi connectivity index (χ1) is 11.8. The largest absolute Gasteiger partial charge is 0.461 e. The number of rotatable bonds is 5. The minimum atomic E-state index is -0.519. The van der Waals surface area contributed by atoms with Crippen LogP contribution in [0.15, 0.2) is 6.20 Å². The molecule has 7 heteroatoms. The molecular formula is C18H27N3O4. The Morgan fingerprint density at radius 3 is 2.72 bits per heavy atom. The van der Waals surface area contributed by atoms with Crippen molar-refractivity contribution in [3.8, 4) is 0 Å². The highest BCUT2D eigenvalue weighted by molar-refractivity contribution is 5.69. The van der Waals surface area contributed by atoms with Gasteiger partial charge in [-0.3, -0.25) is 9.48 Å². The van der Waals surface area contributed by atoms with Crippen LogP contribution in [0.3, 0.4) is 0 Å². The van der Waals surface area contributed by atoms with Crippen molar-refractivity contribution in [3.05, 3.63) is 17.5 Å². The molecule has 2 heterocycles. The Bertz CT molecular complexity index is 643. The number of hydrogen-bond acceptors (Lipinski definition) is 5. The van der Waals surface area contributed by atoms with E-state index in [4.69, 9.17) is 9.47 Å². The third-order valence-corrected chi connectivity index (χ3v) is 4.45. The van der Waals surface area contributed by atoms with Crippen molar-refractivity contribution < 1.29 is 19.1 Å². The smallest absolute Gasteiger partial charge is 0.410 e. The summed E-state index contributed by atoms with van der Waals surface area (Å²) >= 11 is 0. The highest BCUT2D eigenvalue weighted by Crippen LogP contribution is 2.33. The van der Waals surface area contributed by atoms with E-state index in [-0.39, 0.29) is 18.7 Å². The number of amides is 1. The van der Waals surface area contributed by atoms with Gasteiger partial charge in [0.05, 0.1) is 25.0 Å². The van der Waals surface area contributed by atoms with Crippen LogP contribution in [0.25, 0.3) is 0 Å². The number of aromatic nitrogens is 2. The molecule has 138 valence electrons. The predicted molar refractivity (Wildman–Crippen MR) is 90.6 cm³/mol. The van der Waals surface area contributed by atoms with Crippen LogP contribution in [-0.2, 0) is 34.0 Å². The number of ether oxygens (including phenoxy) is 2. The minimum absolute atomic E-state index is 0.161. The van der Waals surface area contributed by atoms with Crippen molar-refractivity contribution in [3.63, 3.8) is 0 Å². The summed E-state index contributed by atoms with van der Waals surface area (Å²) in [4.78, 5) is 25.8. The number of carbonyl (C=O) groups is 2. The molecular weight excluding hydrogens is 322 g/mol. The van der Waals surface area contributed by atoms with Gasteiger partial charge in [-0.25, -0.2) is 4.79 Å². The lowest BCUT2D eigenvalue weighted by atomic mass is 10.2. The molecule has 0 radical (unpaired) electrons. The fraction of sp³-hybridized carbons (Fsp3) is 0.722. The van der Waals surface area contributed by atoms with Gasteiger partial charge in [0.2, 0.25) is 0 Å². The van der Waals surface area contributed by atoms with E-state index in [0.717, 1.165) is 23.6 Å². The molecule has 1 aliphatic heterocycles. The second kappa shape index (κ2) is 7.06. The van der Waals surface area contributed by atoms with Gasteiger partial charge in [0, 0.05) is 18.5 Å². The quantitative estimate of drug-likeness (QED) is 0.764. The fourth-order valence-corrected chi connectivity index (χ4v) is 2.86. The average molecular weight is 349 g/mol. The molecule has 0 atom stereocenters. The molecule has 1 aliphatic carbocycles. The molecule has 0 unspecified atom stereocenters. The van der Waals surface area contributed by atoms with Crippen LogP contribution in [0.4, 0.5) is 4.79 Å². The van der Waals surface area contributed by atoms with E-state index in [1.165, 1.54) is 12.8 Å². The Morgan fingerprint density at radius 1 is 1.28 bits per heavy atom. The normalized spacial score (nSPS) is 17.2. The van der Waals surface area contributed by atoms with Gasteiger partial charge in [-0.2, -0.15) is 5.10 Å². The van der Waals surface area contributed by atoms with Crippen molar-refractivity contribution >= 4 is 12.1 Å². The number of esters is 1. The second-order valence-corrected chi connectivity index (χ2v) is 7.88. The Hall–Kier alpha value is -2.05. The average Bonchev–Trinajstić information content (AvgIpc) is 3.28. The minimum Gasteiger partial charge on any atom is -0.461 e. The van der Waals surface area contributed by atoms with Crippen LogP contribution in [0, 0.1) is 5.92 Å². The molecule has 7 nitrogen and oxygen atoms in total. The van der Waals surface area contributed by atoms with Crippen LogP contribution in [0.2, 0.25) is 0 Å². The Labute approximate surface area is 148 Å². The maximum Gasteiger partial charge on any atom is 0.410 e. The highest BCUT2D eigenvalue weighted by atomic mass is 16.6. The molecule has 1 aromatic rings. The van der Waals surface area contributed by atoms with Gasteiger partial charge in [0.25, 0.3) is 0 Å². The van der Waals surface area contributed by atoms with E-state index in [2.05, 4.69) is 5.10 Å². The van der Waals surface area contributed by atoms with Gasteiger partial charge in [-0.15, -0.1) is 0 Å².